The van der Waals surface area contributed by atoms with Gasteiger partial charge in [0, 0.05) is 30.9 Å². The van der Waals surface area contributed by atoms with Crippen LogP contribution >= 0.6 is 0 Å². The Hall–Kier alpha value is -2.25. The van der Waals surface area contributed by atoms with E-state index in [4.69, 9.17) is 0 Å². The number of fused-ring (bicyclic) bond motifs is 1. The van der Waals surface area contributed by atoms with Crippen molar-refractivity contribution >= 4 is 21.1 Å². The first-order valence-electron chi connectivity index (χ1n) is 7.21. The Morgan fingerprint density at radius 2 is 2.04 bits per heavy atom. The Morgan fingerprint density at radius 3 is 2.87 bits per heavy atom. The van der Waals surface area contributed by atoms with Gasteiger partial charge in [0.25, 0.3) is 0 Å². The van der Waals surface area contributed by atoms with Crippen LogP contribution in [-0.4, -0.2) is 24.5 Å². The Morgan fingerprint density at radius 1 is 1.17 bits per heavy atom. The SMILES string of the molecule is O=S(=O)(NCCCn1ccc2cccnc21)c1cccc(F)c1. The lowest BCUT2D eigenvalue weighted by Gasteiger charge is -2.08. The Kier molecular flexibility index (Phi) is 4.40. The van der Waals surface area contributed by atoms with Crippen LogP contribution in [0.15, 0.2) is 59.8 Å². The van der Waals surface area contributed by atoms with Gasteiger partial charge in [-0.05, 0) is 42.8 Å². The van der Waals surface area contributed by atoms with E-state index in [-0.39, 0.29) is 11.4 Å². The first kappa shape index (κ1) is 15.6. The van der Waals surface area contributed by atoms with E-state index in [1.807, 2.05) is 29.0 Å². The smallest absolute Gasteiger partial charge is 0.240 e. The number of hydrogen-bond donors (Lipinski definition) is 1. The first-order chi connectivity index (χ1) is 11.1. The molecule has 0 aliphatic carbocycles. The molecule has 0 atom stereocenters. The number of halogens is 1. The summed E-state index contributed by atoms with van der Waals surface area (Å²) in [5.41, 5.74) is 0.875. The molecule has 0 radical (unpaired) electrons. The lowest BCUT2D eigenvalue weighted by atomic mass is 10.3. The monoisotopic (exact) mass is 333 g/mol. The highest BCUT2D eigenvalue weighted by Crippen LogP contribution is 2.13. The highest BCUT2D eigenvalue weighted by molar-refractivity contribution is 7.89. The van der Waals surface area contributed by atoms with Gasteiger partial charge in [-0.25, -0.2) is 22.5 Å². The van der Waals surface area contributed by atoms with E-state index in [0.717, 1.165) is 17.1 Å². The van der Waals surface area contributed by atoms with Gasteiger partial charge >= 0.3 is 0 Å². The molecule has 2 aromatic heterocycles. The number of rotatable bonds is 6. The molecular weight excluding hydrogens is 317 g/mol. The average molecular weight is 333 g/mol. The van der Waals surface area contributed by atoms with Gasteiger partial charge in [0.05, 0.1) is 4.90 Å². The number of aryl methyl sites for hydroxylation is 1. The topological polar surface area (TPSA) is 64.0 Å². The molecule has 0 saturated heterocycles. The van der Waals surface area contributed by atoms with Gasteiger partial charge < -0.3 is 4.57 Å². The van der Waals surface area contributed by atoms with E-state index in [1.165, 1.54) is 18.2 Å². The number of nitrogens with one attached hydrogen (secondary N) is 1. The molecule has 0 fully saturated rings. The normalized spacial score (nSPS) is 11.9. The Balaban J connectivity index is 1.59. The summed E-state index contributed by atoms with van der Waals surface area (Å²) in [6, 6.07) is 10.8. The molecular formula is C16H16FN3O2S. The zero-order valence-electron chi connectivity index (χ0n) is 12.3. The maximum Gasteiger partial charge on any atom is 0.240 e. The standard InChI is InChI=1S/C16H16FN3O2S/c17-14-5-1-6-15(12-14)23(21,22)19-9-3-10-20-11-7-13-4-2-8-18-16(13)20/h1-2,4-8,11-12,19H,3,9-10H2. The van der Waals surface area contributed by atoms with Crippen molar-refractivity contribution in [3.8, 4) is 0 Å². The Bertz CT molecular complexity index is 922. The largest absolute Gasteiger partial charge is 0.332 e. The summed E-state index contributed by atoms with van der Waals surface area (Å²) in [6.45, 7) is 0.914. The molecule has 1 aromatic carbocycles. The highest BCUT2D eigenvalue weighted by atomic mass is 32.2. The second-order valence-electron chi connectivity index (χ2n) is 5.13. The van der Waals surface area contributed by atoms with E-state index < -0.39 is 15.8 Å². The number of hydrogen-bond acceptors (Lipinski definition) is 3. The minimum Gasteiger partial charge on any atom is -0.332 e. The maximum absolute atomic E-state index is 13.1. The number of pyridine rings is 1. The van der Waals surface area contributed by atoms with Gasteiger partial charge in [0.1, 0.15) is 11.5 Å². The summed E-state index contributed by atoms with van der Waals surface area (Å²) in [6.07, 6.45) is 4.26. The second-order valence-corrected chi connectivity index (χ2v) is 6.90. The van der Waals surface area contributed by atoms with Crippen LogP contribution in [0.4, 0.5) is 4.39 Å². The van der Waals surface area contributed by atoms with E-state index in [9.17, 15) is 12.8 Å². The molecule has 0 aliphatic rings. The molecule has 23 heavy (non-hydrogen) atoms. The summed E-state index contributed by atoms with van der Waals surface area (Å²) in [5, 5.41) is 1.05. The summed E-state index contributed by atoms with van der Waals surface area (Å²) >= 11 is 0. The fraction of sp³-hybridized carbons (Fsp3) is 0.188. The lowest BCUT2D eigenvalue weighted by molar-refractivity contribution is 0.568. The fourth-order valence-corrected chi connectivity index (χ4v) is 3.48. The van der Waals surface area contributed by atoms with E-state index in [1.54, 1.807) is 6.20 Å². The zero-order chi connectivity index (χ0) is 16.3. The average Bonchev–Trinajstić information content (AvgIpc) is 2.95. The summed E-state index contributed by atoms with van der Waals surface area (Å²) in [5.74, 6) is -0.572. The van der Waals surface area contributed by atoms with Gasteiger partial charge in [-0.2, -0.15) is 0 Å². The molecule has 0 amide bonds. The fourth-order valence-electron chi connectivity index (χ4n) is 2.37. The van der Waals surface area contributed by atoms with Crippen LogP contribution < -0.4 is 4.72 Å². The van der Waals surface area contributed by atoms with Crippen LogP contribution in [0.1, 0.15) is 6.42 Å². The van der Waals surface area contributed by atoms with Crippen LogP contribution in [0.2, 0.25) is 0 Å². The predicted molar refractivity (Wildman–Crippen MR) is 85.9 cm³/mol. The van der Waals surface area contributed by atoms with Gasteiger partial charge in [-0.3, -0.25) is 0 Å². The van der Waals surface area contributed by atoms with Crippen LogP contribution in [0, 0.1) is 5.82 Å². The van der Waals surface area contributed by atoms with Crippen molar-refractivity contribution in [2.45, 2.75) is 17.9 Å². The van der Waals surface area contributed by atoms with Crippen molar-refractivity contribution in [2.24, 2.45) is 0 Å². The predicted octanol–water partition coefficient (Wildman–Crippen LogP) is 2.54. The molecule has 1 N–H and O–H groups in total. The third-order valence-electron chi connectivity index (χ3n) is 3.50. The molecule has 0 unspecified atom stereocenters. The summed E-state index contributed by atoms with van der Waals surface area (Å²) < 4.78 is 41.7. The second kappa shape index (κ2) is 6.47. The maximum atomic E-state index is 13.1. The summed E-state index contributed by atoms with van der Waals surface area (Å²) in [4.78, 5) is 4.24. The minimum atomic E-state index is -3.68. The number of aromatic nitrogens is 2. The van der Waals surface area contributed by atoms with Gasteiger partial charge in [0.15, 0.2) is 0 Å². The van der Waals surface area contributed by atoms with Crippen molar-refractivity contribution < 1.29 is 12.8 Å². The third kappa shape index (κ3) is 3.57. The minimum absolute atomic E-state index is 0.0643. The molecule has 5 nitrogen and oxygen atoms in total. The molecule has 3 rings (SSSR count). The van der Waals surface area contributed by atoms with E-state index >= 15 is 0 Å². The summed E-state index contributed by atoms with van der Waals surface area (Å²) in [7, 11) is -3.68. The van der Waals surface area contributed by atoms with Crippen LogP contribution in [-0.2, 0) is 16.6 Å². The lowest BCUT2D eigenvalue weighted by Crippen LogP contribution is -2.25. The van der Waals surface area contributed by atoms with Crippen LogP contribution in [0.25, 0.3) is 11.0 Å². The molecule has 0 bridgehead atoms. The molecule has 7 heteroatoms. The number of sulfonamides is 1. The molecule has 3 aromatic rings. The van der Waals surface area contributed by atoms with Gasteiger partial charge in [0.2, 0.25) is 10.0 Å². The Labute approximate surface area is 133 Å². The number of benzene rings is 1. The zero-order valence-corrected chi connectivity index (χ0v) is 13.1. The molecule has 0 saturated carbocycles. The van der Waals surface area contributed by atoms with Gasteiger partial charge in [-0.1, -0.05) is 6.07 Å². The molecule has 2 heterocycles. The molecule has 0 spiro atoms. The highest BCUT2D eigenvalue weighted by Gasteiger charge is 2.13. The van der Waals surface area contributed by atoms with Crippen molar-refractivity contribution in [1.29, 1.82) is 0 Å². The molecule has 120 valence electrons. The van der Waals surface area contributed by atoms with E-state index in [0.29, 0.717) is 13.0 Å². The van der Waals surface area contributed by atoms with Crippen LogP contribution in [0.5, 0.6) is 0 Å². The van der Waals surface area contributed by atoms with Crippen molar-refractivity contribution in [1.82, 2.24) is 14.3 Å². The van der Waals surface area contributed by atoms with E-state index in [2.05, 4.69) is 9.71 Å². The first-order valence-corrected chi connectivity index (χ1v) is 8.70. The molecule has 0 aliphatic heterocycles. The number of nitrogens with zero attached hydrogens (tertiary/aromatic N) is 2. The van der Waals surface area contributed by atoms with Crippen molar-refractivity contribution in [3.05, 3.63) is 60.7 Å². The quantitative estimate of drug-likeness (QED) is 0.705. The van der Waals surface area contributed by atoms with Crippen molar-refractivity contribution in [3.63, 3.8) is 0 Å². The van der Waals surface area contributed by atoms with Gasteiger partial charge in [-0.15, -0.1) is 0 Å². The third-order valence-corrected chi connectivity index (χ3v) is 4.96. The van der Waals surface area contributed by atoms with Crippen molar-refractivity contribution in [2.75, 3.05) is 6.54 Å². The van der Waals surface area contributed by atoms with Crippen LogP contribution in [0.3, 0.4) is 0 Å².